The van der Waals surface area contributed by atoms with Crippen molar-refractivity contribution < 1.29 is 4.79 Å². The molecule has 5 rings (SSSR count). The lowest BCUT2D eigenvalue weighted by molar-refractivity contribution is -0.134. The molecule has 1 unspecified atom stereocenters. The van der Waals surface area contributed by atoms with Gasteiger partial charge in [0.2, 0.25) is 5.91 Å². The van der Waals surface area contributed by atoms with Gasteiger partial charge < -0.3 is 14.7 Å². The van der Waals surface area contributed by atoms with E-state index in [1.54, 1.807) is 0 Å². The van der Waals surface area contributed by atoms with E-state index < -0.39 is 0 Å². The van der Waals surface area contributed by atoms with Crippen LogP contribution in [-0.4, -0.2) is 66.0 Å². The van der Waals surface area contributed by atoms with E-state index in [9.17, 15) is 4.79 Å². The van der Waals surface area contributed by atoms with Gasteiger partial charge in [0.15, 0.2) is 0 Å². The zero-order valence-electron chi connectivity index (χ0n) is 19.5. The smallest absolute Gasteiger partial charge is 0.245 e. The maximum absolute atomic E-state index is 13.2. The fourth-order valence-electron chi connectivity index (χ4n) is 5.80. The quantitative estimate of drug-likeness (QED) is 0.682. The van der Waals surface area contributed by atoms with Gasteiger partial charge in [0.25, 0.3) is 0 Å². The molecular formula is C27H36N4O. The summed E-state index contributed by atoms with van der Waals surface area (Å²) in [6.07, 6.45) is 8.99. The highest BCUT2D eigenvalue weighted by Gasteiger charge is 2.49. The van der Waals surface area contributed by atoms with Crippen LogP contribution < -0.4 is 4.90 Å². The Bertz CT molecular complexity index is 942. The van der Waals surface area contributed by atoms with Gasteiger partial charge in [-0.1, -0.05) is 19.1 Å². The van der Waals surface area contributed by atoms with Gasteiger partial charge in [-0.3, -0.25) is 9.78 Å². The zero-order valence-corrected chi connectivity index (χ0v) is 19.5. The van der Waals surface area contributed by atoms with Crippen LogP contribution in [0.15, 0.2) is 48.8 Å². The second-order valence-electron chi connectivity index (χ2n) is 10.1. The highest BCUT2D eigenvalue weighted by molar-refractivity contribution is 5.86. The molecular weight excluding hydrogens is 396 g/mol. The van der Waals surface area contributed by atoms with Gasteiger partial charge >= 0.3 is 0 Å². The number of carbonyl (C=O) groups is 1. The van der Waals surface area contributed by atoms with Crippen LogP contribution in [-0.2, 0) is 4.79 Å². The first-order chi connectivity index (χ1) is 15.6. The van der Waals surface area contributed by atoms with E-state index in [0.717, 1.165) is 55.3 Å². The van der Waals surface area contributed by atoms with E-state index in [2.05, 4.69) is 57.8 Å². The van der Waals surface area contributed by atoms with Gasteiger partial charge in [0.1, 0.15) is 6.04 Å². The van der Waals surface area contributed by atoms with Crippen molar-refractivity contribution in [2.24, 2.45) is 11.3 Å². The number of likely N-dealkylation sites (tertiary alicyclic amines) is 1. The van der Waals surface area contributed by atoms with Crippen LogP contribution in [0.2, 0.25) is 0 Å². The fraction of sp³-hybridized carbons (Fsp3) is 0.556. The normalized spacial score (nSPS) is 25.4. The number of aromatic nitrogens is 1. The Kier molecular flexibility index (Phi) is 5.93. The van der Waals surface area contributed by atoms with Crippen molar-refractivity contribution in [2.75, 3.05) is 44.2 Å². The van der Waals surface area contributed by atoms with Crippen molar-refractivity contribution in [3.8, 4) is 11.1 Å². The highest BCUT2D eigenvalue weighted by Crippen LogP contribution is 2.56. The molecule has 32 heavy (non-hydrogen) atoms. The Morgan fingerprint density at radius 3 is 2.53 bits per heavy atom. The van der Waals surface area contributed by atoms with Crippen LogP contribution in [0.3, 0.4) is 0 Å². The van der Waals surface area contributed by atoms with Gasteiger partial charge in [-0.2, -0.15) is 0 Å². The lowest BCUT2D eigenvalue weighted by Crippen LogP contribution is -2.56. The molecule has 3 aliphatic rings. The third kappa shape index (κ3) is 4.27. The number of carbonyl (C=O) groups excluding carboxylic acids is 1. The Hall–Kier alpha value is -2.40. The number of hydrogen-bond donors (Lipinski definition) is 0. The van der Waals surface area contributed by atoms with E-state index >= 15 is 0 Å². The number of nitrogens with zero attached hydrogens (tertiary/aromatic N) is 4. The minimum atomic E-state index is -0.124. The van der Waals surface area contributed by atoms with Crippen LogP contribution >= 0.6 is 0 Å². The molecule has 3 heterocycles. The van der Waals surface area contributed by atoms with Gasteiger partial charge in [-0.25, -0.2) is 0 Å². The minimum absolute atomic E-state index is 0.124. The second kappa shape index (κ2) is 8.86. The molecule has 3 fully saturated rings. The molecule has 1 aromatic heterocycles. The Morgan fingerprint density at radius 1 is 0.969 bits per heavy atom. The molecule has 0 bridgehead atoms. The van der Waals surface area contributed by atoms with Crippen molar-refractivity contribution in [1.82, 2.24) is 14.8 Å². The molecule has 1 aliphatic carbocycles. The molecule has 2 aliphatic heterocycles. The number of rotatable bonds is 6. The van der Waals surface area contributed by atoms with Crippen molar-refractivity contribution in [3.05, 3.63) is 48.8 Å². The number of benzene rings is 1. The summed E-state index contributed by atoms with van der Waals surface area (Å²) in [5, 5.41) is 0. The van der Waals surface area contributed by atoms with E-state index in [1.165, 1.54) is 32.4 Å². The van der Waals surface area contributed by atoms with Gasteiger partial charge in [0, 0.05) is 44.3 Å². The number of pyridine rings is 1. The molecule has 170 valence electrons. The number of anilines is 1. The topological polar surface area (TPSA) is 39.7 Å². The van der Waals surface area contributed by atoms with Gasteiger partial charge in [-0.15, -0.1) is 0 Å². The zero-order chi connectivity index (χ0) is 22.1. The molecule has 1 spiro atoms. The summed E-state index contributed by atoms with van der Waals surface area (Å²) in [7, 11) is 0. The van der Waals surface area contributed by atoms with E-state index in [1.807, 2.05) is 24.5 Å². The summed E-state index contributed by atoms with van der Waals surface area (Å²) in [5.74, 6) is 1.10. The first-order valence-electron chi connectivity index (χ1n) is 12.3. The van der Waals surface area contributed by atoms with E-state index in [0.29, 0.717) is 5.41 Å². The van der Waals surface area contributed by atoms with Crippen molar-refractivity contribution in [1.29, 1.82) is 0 Å². The predicted octanol–water partition coefficient (Wildman–Crippen LogP) is 4.30. The number of hydrogen-bond acceptors (Lipinski definition) is 4. The fourth-order valence-corrected chi connectivity index (χ4v) is 5.80. The van der Waals surface area contributed by atoms with Crippen LogP contribution in [0.5, 0.6) is 0 Å². The van der Waals surface area contributed by atoms with Gasteiger partial charge in [0.05, 0.1) is 0 Å². The van der Waals surface area contributed by atoms with Crippen LogP contribution in [0, 0.1) is 11.3 Å². The maximum atomic E-state index is 13.2. The Balaban J connectivity index is 1.15. The molecule has 5 heteroatoms. The number of piperazine rings is 1. The molecule has 2 aromatic rings. The maximum Gasteiger partial charge on any atom is 0.245 e. The molecule has 5 nitrogen and oxygen atoms in total. The molecule has 0 radical (unpaired) electrons. The predicted molar refractivity (Wildman–Crippen MR) is 130 cm³/mol. The lowest BCUT2D eigenvalue weighted by Gasteiger charge is -2.41. The largest absolute Gasteiger partial charge is 0.358 e. The lowest BCUT2D eigenvalue weighted by atomic mass is 9.83. The van der Waals surface area contributed by atoms with Crippen molar-refractivity contribution in [3.63, 3.8) is 0 Å². The minimum Gasteiger partial charge on any atom is -0.358 e. The molecule has 2 atom stereocenters. The second-order valence-corrected chi connectivity index (χ2v) is 10.1. The summed E-state index contributed by atoms with van der Waals surface area (Å²) in [5.41, 5.74) is 4.14. The third-order valence-electron chi connectivity index (χ3n) is 8.24. The monoisotopic (exact) mass is 432 g/mol. The Morgan fingerprint density at radius 2 is 1.78 bits per heavy atom. The number of piperidine rings is 1. The van der Waals surface area contributed by atoms with Crippen molar-refractivity contribution >= 4 is 11.6 Å². The molecule has 1 saturated carbocycles. The van der Waals surface area contributed by atoms with Gasteiger partial charge in [-0.05, 0) is 92.4 Å². The molecule has 0 N–H and O–H groups in total. The standard InChI is InChI=1S/C27H36N4O/c1-21-20-29(16-11-27(21)9-10-27)14-4-15-30-17-18-31(22(2)26(30)32)25-6-3-5-24(19-25)23-7-12-28-13-8-23/h3,5-8,12-13,19,21-22H,4,9-11,14-18,20H2,1-2H3/t21-,22?/m1/s1. The van der Waals surface area contributed by atoms with Crippen LogP contribution in [0.25, 0.3) is 11.1 Å². The van der Waals surface area contributed by atoms with E-state index in [4.69, 9.17) is 0 Å². The summed E-state index contributed by atoms with van der Waals surface area (Å²) >= 11 is 0. The molecule has 1 amide bonds. The number of amides is 1. The summed E-state index contributed by atoms with van der Waals surface area (Å²) in [4.78, 5) is 24.2. The summed E-state index contributed by atoms with van der Waals surface area (Å²) in [6, 6.07) is 12.4. The van der Waals surface area contributed by atoms with Crippen molar-refractivity contribution in [2.45, 2.75) is 45.6 Å². The first-order valence-corrected chi connectivity index (χ1v) is 12.3. The first kappa shape index (κ1) is 21.4. The average Bonchev–Trinajstić information content (AvgIpc) is 3.61. The van der Waals surface area contributed by atoms with Crippen LogP contribution in [0.1, 0.15) is 39.5 Å². The highest BCUT2D eigenvalue weighted by atomic mass is 16.2. The Labute approximate surface area is 192 Å². The SMILES string of the molecule is CC1C(=O)N(CCCN2CCC3(CC3)[C@H](C)C2)CCN1c1cccc(-c2ccncc2)c1. The third-order valence-corrected chi connectivity index (χ3v) is 8.24. The average molecular weight is 433 g/mol. The summed E-state index contributed by atoms with van der Waals surface area (Å²) < 4.78 is 0. The molecule has 1 aromatic carbocycles. The van der Waals surface area contributed by atoms with Crippen LogP contribution in [0.4, 0.5) is 5.69 Å². The molecule has 2 saturated heterocycles. The summed E-state index contributed by atoms with van der Waals surface area (Å²) in [6.45, 7) is 10.7. The van der Waals surface area contributed by atoms with E-state index in [-0.39, 0.29) is 11.9 Å².